The molecule has 2 fully saturated rings. The minimum atomic E-state index is 0.709. The smallest absolute Gasteiger partial charge is 0.150 e. The van der Waals surface area contributed by atoms with Gasteiger partial charge in [-0.2, -0.15) is 5.10 Å². The Bertz CT molecular complexity index is 451. The first kappa shape index (κ1) is 12.8. The van der Waals surface area contributed by atoms with E-state index in [9.17, 15) is 0 Å². The van der Waals surface area contributed by atoms with Gasteiger partial charge in [-0.1, -0.05) is 26.2 Å². The van der Waals surface area contributed by atoms with Crippen LogP contribution in [0.5, 0.6) is 0 Å². The molecule has 2 N–H and O–H groups in total. The fraction of sp³-hybridized carbons (Fsp3) is 0.800. The number of rotatable bonds is 3. The van der Waals surface area contributed by atoms with Crippen LogP contribution in [0.3, 0.4) is 0 Å². The predicted octanol–water partition coefficient (Wildman–Crippen LogP) is 2.72. The molecule has 1 aromatic rings. The summed E-state index contributed by atoms with van der Waals surface area (Å²) in [5.74, 6) is 2.07. The van der Waals surface area contributed by atoms with E-state index in [0.717, 1.165) is 36.7 Å². The second kappa shape index (κ2) is 5.06. The Balaban J connectivity index is 1.89. The van der Waals surface area contributed by atoms with Gasteiger partial charge in [-0.05, 0) is 31.6 Å². The first-order valence-electron chi connectivity index (χ1n) is 7.80. The van der Waals surface area contributed by atoms with Crippen LogP contribution in [0.2, 0.25) is 0 Å². The average Bonchev–Trinajstić information content (AvgIpc) is 2.93. The number of hydrogen-bond acceptors (Lipinski definition) is 3. The quantitative estimate of drug-likeness (QED) is 0.911. The molecular weight excluding hydrogens is 236 g/mol. The van der Waals surface area contributed by atoms with Crippen molar-refractivity contribution in [2.24, 2.45) is 13.0 Å². The molecule has 1 aromatic heterocycles. The van der Waals surface area contributed by atoms with Crippen molar-refractivity contribution in [1.82, 2.24) is 9.78 Å². The molecule has 2 aliphatic rings. The topological polar surface area (TPSA) is 47.1 Å². The third-order valence-corrected chi connectivity index (χ3v) is 4.90. The van der Waals surface area contributed by atoms with Crippen molar-refractivity contribution in [3.8, 4) is 0 Å². The molecule has 0 radical (unpaired) electrons. The highest BCUT2D eigenvalue weighted by Crippen LogP contribution is 2.41. The SMILES string of the molecule is CCCc1nn(C)c(N2CCC3CCCCC32)c1N. The Kier molecular flexibility index (Phi) is 3.42. The van der Waals surface area contributed by atoms with Gasteiger partial charge in [-0.15, -0.1) is 0 Å². The summed E-state index contributed by atoms with van der Waals surface area (Å²) < 4.78 is 2.01. The van der Waals surface area contributed by atoms with Gasteiger partial charge in [0, 0.05) is 19.6 Å². The van der Waals surface area contributed by atoms with Gasteiger partial charge >= 0.3 is 0 Å². The van der Waals surface area contributed by atoms with Crippen LogP contribution in [0.25, 0.3) is 0 Å². The Hall–Kier alpha value is -1.19. The number of hydrogen-bond donors (Lipinski definition) is 1. The fourth-order valence-electron chi connectivity index (χ4n) is 4.02. The summed E-state index contributed by atoms with van der Waals surface area (Å²) in [6.45, 7) is 3.34. The van der Waals surface area contributed by atoms with Crippen LogP contribution in [-0.2, 0) is 13.5 Å². The van der Waals surface area contributed by atoms with Gasteiger partial charge in [0.1, 0.15) is 0 Å². The standard InChI is InChI=1S/C15H26N4/c1-3-6-12-14(16)15(18(2)17-12)19-10-9-11-7-4-5-8-13(11)19/h11,13H,3-10,16H2,1-2H3. The minimum Gasteiger partial charge on any atom is -0.394 e. The van der Waals surface area contributed by atoms with Crippen molar-refractivity contribution in [3.05, 3.63) is 5.69 Å². The number of aromatic nitrogens is 2. The summed E-state index contributed by atoms with van der Waals surface area (Å²) in [7, 11) is 2.04. The zero-order valence-electron chi connectivity index (χ0n) is 12.2. The Morgan fingerprint density at radius 2 is 2.05 bits per heavy atom. The van der Waals surface area contributed by atoms with Crippen LogP contribution in [0.15, 0.2) is 0 Å². The van der Waals surface area contributed by atoms with Crippen molar-refractivity contribution >= 4 is 11.5 Å². The van der Waals surface area contributed by atoms with Gasteiger partial charge in [-0.3, -0.25) is 4.68 Å². The maximum atomic E-state index is 6.37. The van der Waals surface area contributed by atoms with Gasteiger partial charge in [0.05, 0.1) is 11.4 Å². The van der Waals surface area contributed by atoms with Crippen molar-refractivity contribution in [2.45, 2.75) is 57.9 Å². The molecule has 1 aliphatic carbocycles. The van der Waals surface area contributed by atoms with Crippen molar-refractivity contribution in [2.75, 3.05) is 17.2 Å². The van der Waals surface area contributed by atoms with Crippen LogP contribution >= 0.6 is 0 Å². The van der Waals surface area contributed by atoms with E-state index in [-0.39, 0.29) is 0 Å². The van der Waals surface area contributed by atoms with Gasteiger partial charge in [0.2, 0.25) is 0 Å². The molecule has 106 valence electrons. The number of aryl methyl sites for hydroxylation is 2. The van der Waals surface area contributed by atoms with Crippen LogP contribution in [0.1, 0.15) is 51.1 Å². The lowest BCUT2D eigenvalue weighted by Gasteiger charge is -2.33. The molecule has 0 amide bonds. The van der Waals surface area contributed by atoms with E-state index in [1.807, 2.05) is 11.7 Å². The number of nitrogens with zero attached hydrogens (tertiary/aromatic N) is 3. The molecule has 1 aliphatic heterocycles. The van der Waals surface area contributed by atoms with Crippen LogP contribution in [-0.4, -0.2) is 22.4 Å². The highest BCUT2D eigenvalue weighted by atomic mass is 15.4. The predicted molar refractivity (Wildman–Crippen MR) is 79.3 cm³/mol. The summed E-state index contributed by atoms with van der Waals surface area (Å²) in [6, 6.07) is 0.709. The van der Waals surface area contributed by atoms with E-state index in [4.69, 9.17) is 5.73 Å². The lowest BCUT2D eigenvalue weighted by Crippen LogP contribution is -2.36. The molecule has 1 saturated heterocycles. The zero-order chi connectivity index (χ0) is 13.4. The second-order valence-corrected chi connectivity index (χ2v) is 6.15. The van der Waals surface area contributed by atoms with Crippen molar-refractivity contribution < 1.29 is 0 Å². The molecule has 2 atom stereocenters. The molecule has 0 bridgehead atoms. The van der Waals surface area contributed by atoms with Crippen molar-refractivity contribution in [3.63, 3.8) is 0 Å². The van der Waals surface area contributed by atoms with Gasteiger partial charge in [0.25, 0.3) is 0 Å². The zero-order valence-corrected chi connectivity index (χ0v) is 12.2. The Morgan fingerprint density at radius 1 is 1.26 bits per heavy atom. The molecule has 1 saturated carbocycles. The summed E-state index contributed by atoms with van der Waals surface area (Å²) in [5.41, 5.74) is 8.38. The van der Waals surface area contributed by atoms with Crippen LogP contribution in [0, 0.1) is 5.92 Å². The summed E-state index contributed by atoms with van der Waals surface area (Å²) in [6.07, 6.45) is 8.94. The molecule has 4 heteroatoms. The van der Waals surface area contributed by atoms with Crippen LogP contribution in [0.4, 0.5) is 11.5 Å². The first-order valence-corrected chi connectivity index (χ1v) is 7.80. The summed E-state index contributed by atoms with van der Waals surface area (Å²) in [5, 5.41) is 4.63. The third kappa shape index (κ3) is 2.11. The van der Waals surface area contributed by atoms with E-state index in [1.54, 1.807) is 0 Å². The molecule has 0 aromatic carbocycles. The van der Waals surface area contributed by atoms with Gasteiger partial charge < -0.3 is 10.6 Å². The largest absolute Gasteiger partial charge is 0.394 e. The normalized spacial score (nSPS) is 26.7. The highest BCUT2D eigenvalue weighted by molar-refractivity contribution is 5.67. The fourth-order valence-corrected chi connectivity index (χ4v) is 4.02. The molecular formula is C15H26N4. The van der Waals surface area contributed by atoms with E-state index in [2.05, 4.69) is 16.9 Å². The molecule has 19 heavy (non-hydrogen) atoms. The lowest BCUT2D eigenvalue weighted by molar-refractivity contribution is 0.340. The first-order chi connectivity index (χ1) is 9.22. The third-order valence-electron chi connectivity index (χ3n) is 4.90. The van der Waals surface area contributed by atoms with E-state index < -0.39 is 0 Å². The Morgan fingerprint density at radius 3 is 2.84 bits per heavy atom. The maximum absolute atomic E-state index is 6.37. The molecule has 3 rings (SSSR count). The summed E-state index contributed by atoms with van der Waals surface area (Å²) in [4.78, 5) is 2.55. The molecule has 2 heterocycles. The highest BCUT2D eigenvalue weighted by Gasteiger charge is 2.38. The summed E-state index contributed by atoms with van der Waals surface area (Å²) >= 11 is 0. The van der Waals surface area contributed by atoms with E-state index in [1.165, 1.54) is 37.9 Å². The number of anilines is 2. The number of fused-ring (bicyclic) bond motifs is 1. The monoisotopic (exact) mass is 262 g/mol. The maximum Gasteiger partial charge on any atom is 0.150 e. The van der Waals surface area contributed by atoms with E-state index >= 15 is 0 Å². The average molecular weight is 262 g/mol. The molecule has 2 unspecified atom stereocenters. The van der Waals surface area contributed by atoms with Crippen molar-refractivity contribution in [1.29, 1.82) is 0 Å². The minimum absolute atomic E-state index is 0.709. The lowest BCUT2D eigenvalue weighted by atomic mass is 9.85. The molecule has 4 nitrogen and oxygen atoms in total. The van der Waals surface area contributed by atoms with Gasteiger partial charge in [0.15, 0.2) is 5.82 Å². The number of nitrogens with two attached hydrogens (primary N) is 1. The van der Waals surface area contributed by atoms with Gasteiger partial charge in [-0.25, -0.2) is 0 Å². The second-order valence-electron chi connectivity index (χ2n) is 6.15. The van der Waals surface area contributed by atoms with Crippen LogP contribution < -0.4 is 10.6 Å². The Labute approximate surface area is 116 Å². The van der Waals surface area contributed by atoms with E-state index in [0.29, 0.717) is 6.04 Å². The molecule has 0 spiro atoms. The number of nitrogen functional groups attached to an aromatic ring is 1.